The Morgan fingerprint density at radius 3 is 2.97 bits per heavy atom. The number of fused-ring (bicyclic) bond motifs is 1. The number of nitrogens with zero attached hydrogens (tertiary/aromatic N) is 1. The molecule has 1 saturated carbocycles. The molecular weight excluding hydrogens is 443 g/mol. The lowest BCUT2D eigenvalue weighted by molar-refractivity contribution is -0.0272. The van der Waals surface area contributed by atoms with Crippen LogP contribution in [0, 0.1) is 11.8 Å². The molecule has 1 aliphatic carbocycles. The Bertz CT molecular complexity index is 994. The monoisotopic (exact) mass is 472 g/mol. The summed E-state index contributed by atoms with van der Waals surface area (Å²) in [6.45, 7) is 10.9. The standard InChI is InChI=1S/C20H29N2O5PS2/c1-12(2)14-5-7-20(4)16(10-14)27-28(29,30-20)25-11-15-13(3)9-18(26-15)22-8-6-17(23)21-19(22)24/h6,8,13-16,18H,1,5,7,9-11H2,2-4H3,(H,21,23,24)/t13-,14-,15+,16+,18+,20+,28?/m0/s1. The SMILES string of the molecule is C=C(C)[C@H]1CC[C@@]2(C)SP(=S)(OC[C@H]3O[C@@H](n4ccc(=O)[nH]c4=O)C[C@@H]3C)O[C@@H]2C1. The average Bonchev–Trinajstić information content (AvgIpc) is 3.15. The Kier molecular flexibility index (Phi) is 6.25. The molecule has 0 bridgehead atoms. The molecule has 0 aromatic carbocycles. The molecule has 166 valence electrons. The van der Waals surface area contributed by atoms with E-state index >= 15 is 0 Å². The zero-order chi connectivity index (χ0) is 21.7. The third-order valence-corrected chi connectivity index (χ3v) is 12.4. The largest absolute Gasteiger partial charge is 0.352 e. The van der Waals surface area contributed by atoms with Gasteiger partial charge in [0.2, 0.25) is 5.69 Å². The number of hydrogen-bond donors (Lipinski definition) is 1. The smallest absolute Gasteiger partial charge is 0.330 e. The topological polar surface area (TPSA) is 82.5 Å². The Labute approximate surface area is 185 Å². The normalized spacial score (nSPS) is 41.0. The lowest BCUT2D eigenvalue weighted by atomic mass is 9.77. The van der Waals surface area contributed by atoms with Crippen molar-refractivity contribution in [1.29, 1.82) is 0 Å². The fourth-order valence-corrected chi connectivity index (χ4v) is 11.6. The van der Waals surface area contributed by atoms with E-state index in [4.69, 9.17) is 25.6 Å². The highest BCUT2D eigenvalue weighted by Crippen LogP contribution is 2.75. The summed E-state index contributed by atoms with van der Waals surface area (Å²) in [5.41, 5.74) is -2.13. The van der Waals surface area contributed by atoms with Crippen LogP contribution in [0.3, 0.4) is 0 Å². The van der Waals surface area contributed by atoms with Crippen molar-refractivity contribution in [2.24, 2.45) is 11.8 Å². The van der Waals surface area contributed by atoms with Gasteiger partial charge in [-0.2, -0.15) is 0 Å². The summed E-state index contributed by atoms with van der Waals surface area (Å²) in [5, 5.41) is 0. The van der Waals surface area contributed by atoms with E-state index < -0.39 is 23.2 Å². The van der Waals surface area contributed by atoms with E-state index in [1.54, 1.807) is 11.4 Å². The van der Waals surface area contributed by atoms with Crippen molar-refractivity contribution in [2.45, 2.75) is 69.6 Å². The van der Waals surface area contributed by atoms with Crippen LogP contribution in [-0.2, 0) is 25.6 Å². The Hall–Kier alpha value is -0.700. The van der Waals surface area contributed by atoms with Gasteiger partial charge in [0.25, 0.3) is 5.56 Å². The molecule has 3 aliphatic rings. The van der Waals surface area contributed by atoms with Gasteiger partial charge in [-0.25, -0.2) is 4.79 Å². The van der Waals surface area contributed by atoms with Gasteiger partial charge in [0.1, 0.15) is 6.23 Å². The zero-order valence-electron chi connectivity index (χ0n) is 17.5. The van der Waals surface area contributed by atoms with Crippen LogP contribution in [0.2, 0.25) is 0 Å². The Morgan fingerprint density at radius 2 is 2.27 bits per heavy atom. The minimum atomic E-state index is -2.46. The maximum absolute atomic E-state index is 12.1. The number of aromatic amines is 1. The minimum absolute atomic E-state index is 0.00458. The highest BCUT2D eigenvalue weighted by Gasteiger charge is 2.53. The van der Waals surface area contributed by atoms with Crippen molar-refractivity contribution in [2.75, 3.05) is 6.61 Å². The second-order valence-corrected chi connectivity index (χ2v) is 15.5. The molecule has 30 heavy (non-hydrogen) atoms. The van der Waals surface area contributed by atoms with Crippen molar-refractivity contribution in [3.63, 3.8) is 0 Å². The van der Waals surface area contributed by atoms with Crippen LogP contribution in [0.15, 0.2) is 34.0 Å². The quantitative estimate of drug-likeness (QED) is 0.513. The molecule has 0 amide bonds. The van der Waals surface area contributed by atoms with E-state index in [2.05, 4.69) is 32.3 Å². The van der Waals surface area contributed by atoms with Gasteiger partial charge in [-0.1, -0.05) is 30.5 Å². The number of hydrogen-bond acceptors (Lipinski definition) is 7. The van der Waals surface area contributed by atoms with Crippen molar-refractivity contribution in [3.8, 4) is 0 Å². The zero-order valence-corrected chi connectivity index (χ0v) is 20.1. The first-order valence-corrected chi connectivity index (χ1v) is 14.4. The second-order valence-electron chi connectivity index (χ2n) is 8.92. The van der Waals surface area contributed by atoms with Crippen LogP contribution in [0.1, 0.15) is 52.7 Å². The third kappa shape index (κ3) is 4.43. The van der Waals surface area contributed by atoms with Gasteiger partial charge in [-0.15, -0.1) is 0 Å². The summed E-state index contributed by atoms with van der Waals surface area (Å²) in [7, 11) is 0. The summed E-state index contributed by atoms with van der Waals surface area (Å²) in [6, 6.07) is 1.33. The lowest BCUT2D eigenvalue weighted by Gasteiger charge is -2.37. The second kappa shape index (κ2) is 8.34. The molecule has 3 fully saturated rings. The first kappa shape index (κ1) is 22.5. The van der Waals surface area contributed by atoms with Gasteiger partial charge < -0.3 is 13.8 Å². The van der Waals surface area contributed by atoms with Crippen LogP contribution >= 0.6 is 17.1 Å². The van der Waals surface area contributed by atoms with E-state index in [9.17, 15) is 9.59 Å². The molecule has 0 radical (unpaired) electrons. The molecule has 1 N–H and O–H groups in total. The molecule has 1 unspecified atom stereocenters. The van der Waals surface area contributed by atoms with Crippen molar-refractivity contribution in [1.82, 2.24) is 9.55 Å². The van der Waals surface area contributed by atoms with Gasteiger partial charge in [0.15, 0.2) is 0 Å². The average molecular weight is 473 g/mol. The van der Waals surface area contributed by atoms with Crippen LogP contribution in [0.5, 0.6) is 0 Å². The summed E-state index contributed by atoms with van der Waals surface area (Å²) in [4.78, 5) is 25.6. The van der Waals surface area contributed by atoms with E-state index in [0.717, 1.165) is 19.3 Å². The van der Waals surface area contributed by atoms with Crippen LogP contribution in [-0.4, -0.2) is 33.1 Å². The molecule has 1 aromatic rings. The van der Waals surface area contributed by atoms with Crippen LogP contribution in [0.25, 0.3) is 0 Å². The molecule has 3 heterocycles. The number of allylic oxidation sites excluding steroid dienone is 1. The Balaban J connectivity index is 1.39. The fraction of sp³-hybridized carbons (Fsp3) is 0.700. The van der Waals surface area contributed by atoms with E-state index in [-0.39, 0.29) is 22.9 Å². The summed E-state index contributed by atoms with van der Waals surface area (Å²) < 4.78 is 20.1. The number of H-pyrrole nitrogens is 1. The molecule has 7 atom stereocenters. The highest BCUT2D eigenvalue weighted by molar-refractivity contribution is 8.68. The Morgan fingerprint density at radius 1 is 1.50 bits per heavy atom. The summed E-state index contributed by atoms with van der Waals surface area (Å²) in [5.74, 6) is 0.675. The molecule has 0 spiro atoms. The molecule has 2 saturated heterocycles. The number of rotatable bonds is 5. The summed E-state index contributed by atoms with van der Waals surface area (Å²) in [6.07, 6.45) is 4.75. The summed E-state index contributed by atoms with van der Waals surface area (Å²) >= 11 is 7.55. The fourth-order valence-electron chi connectivity index (χ4n) is 4.51. The van der Waals surface area contributed by atoms with Gasteiger partial charge >= 0.3 is 5.69 Å². The molecule has 2 aliphatic heterocycles. The molecule has 1 aromatic heterocycles. The third-order valence-electron chi connectivity index (χ3n) is 6.54. The molecule has 10 heteroatoms. The predicted molar refractivity (Wildman–Crippen MR) is 122 cm³/mol. The van der Waals surface area contributed by atoms with Crippen LogP contribution in [0.4, 0.5) is 0 Å². The van der Waals surface area contributed by atoms with Crippen molar-refractivity contribution in [3.05, 3.63) is 45.3 Å². The van der Waals surface area contributed by atoms with Gasteiger partial charge in [-0.05, 0) is 63.2 Å². The lowest BCUT2D eigenvalue weighted by Crippen LogP contribution is -2.39. The first-order chi connectivity index (χ1) is 14.1. The van der Waals surface area contributed by atoms with Gasteiger partial charge in [0.05, 0.1) is 18.8 Å². The van der Waals surface area contributed by atoms with Crippen molar-refractivity contribution >= 4 is 28.9 Å². The van der Waals surface area contributed by atoms with E-state index in [1.807, 2.05) is 0 Å². The van der Waals surface area contributed by atoms with Crippen LogP contribution < -0.4 is 11.2 Å². The minimum Gasteiger partial charge on any atom is -0.352 e. The maximum Gasteiger partial charge on any atom is 0.330 e. The van der Waals surface area contributed by atoms with E-state index in [0.29, 0.717) is 18.9 Å². The van der Waals surface area contributed by atoms with Crippen molar-refractivity contribution < 1.29 is 13.8 Å². The predicted octanol–water partition coefficient (Wildman–Crippen LogP) is 3.97. The highest BCUT2D eigenvalue weighted by atomic mass is 32.9. The number of ether oxygens (including phenoxy) is 1. The number of nitrogens with one attached hydrogen (secondary N) is 1. The molecule has 7 nitrogen and oxygen atoms in total. The van der Waals surface area contributed by atoms with Gasteiger partial charge in [-0.3, -0.25) is 14.3 Å². The molecular formula is C20H29N2O5PS2. The molecule has 4 rings (SSSR count). The first-order valence-electron chi connectivity index (χ1n) is 10.3. The van der Waals surface area contributed by atoms with Gasteiger partial charge in [0, 0.05) is 17.0 Å². The number of aromatic nitrogens is 2. The maximum atomic E-state index is 12.1. The van der Waals surface area contributed by atoms with E-state index in [1.165, 1.54) is 22.4 Å².